The molecule has 0 heterocycles. The highest BCUT2D eigenvalue weighted by molar-refractivity contribution is 14.1. The molecule has 3 nitrogen and oxygen atoms in total. The van der Waals surface area contributed by atoms with Gasteiger partial charge in [0, 0.05) is 12.6 Å². The van der Waals surface area contributed by atoms with Crippen molar-refractivity contribution in [1.82, 2.24) is 0 Å². The summed E-state index contributed by atoms with van der Waals surface area (Å²) in [5, 5.41) is 18.1. The van der Waals surface area contributed by atoms with E-state index >= 15 is 0 Å². The molecule has 1 aromatic rings. The van der Waals surface area contributed by atoms with Gasteiger partial charge in [0.1, 0.15) is 5.75 Å². The van der Waals surface area contributed by atoms with Crippen molar-refractivity contribution in [3.8, 4) is 5.75 Å². The number of aromatic hydroxyl groups is 1. The summed E-state index contributed by atoms with van der Waals surface area (Å²) in [6.45, 7) is 0.0634. The van der Waals surface area contributed by atoms with Gasteiger partial charge in [-0.25, -0.2) is 0 Å². The fourth-order valence-corrected chi connectivity index (χ4v) is 1.40. The van der Waals surface area contributed by atoms with Crippen molar-refractivity contribution in [3.05, 3.63) is 27.3 Å². The molecule has 1 unspecified atom stereocenters. The zero-order valence-electron chi connectivity index (χ0n) is 7.07. The van der Waals surface area contributed by atoms with Crippen LogP contribution in [0.25, 0.3) is 0 Å². The molecule has 0 bridgehead atoms. The summed E-state index contributed by atoms with van der Waals surface area (Å²) >= 11 is 2.05. The predicted octanol–water partition coefficient (Wildman–Crippen LogP) is 1.38. The number of phenolic OH excluding ortho intramolecular Hbond substituents is 1. The summed E-state index contributed by atoms with van der Waals surface area (Å²) in [6.07, 6.45) is 0.514. The predicted molar refractivity (Wildman–Crippen MR) is 59.5 cm³/mol. The largest absolute Gasteiger partial charge is 0.507 e. The molecule has 0 aliphatic carbocycles. The van der Waals surface area contributed by atoms with Crippen LogP contribution in [0.5, 0.6) is 5.75 Å². The highest BCUT2D eigenvalue weighted by Crippen LogP contribution is 2.24. The van der Waals surface area contributed by atoms with E-state index in [1.165, 1.54) is 0 Å². The van der Waals surface area contributed by atoms with Crippen molar-refractivity contribution in [2.75, 3.05) is 6.61 Å². The third-order valence-corrected chi connectivity index (χ3v) is 2.75. The van der Waals surface area contributed by atoms with Crippen molar-refractivity contribution in [2.24, 2.45) is 5.73 Å². The normalized spacial score (nSPS) is 12.8. The average molecular weight is 293 g/mol. The zero-order valence-corrected chi connectivity index (χ0v) is 9.23. The molecule has 1 rings (SSSR count). The topological polar surface area (TPSA) is 66.5 Å². The Morgan fingerprint density at radius 1 is 1.46 bits per heavy atom. The third kappa shape index (κ3) is 2.82. The lowest BCUT2D eigenvalue weighted by atomic mass is 10.1. The number of nitrogens with two attached hydrogens (primary N) is 1. The van der Waals surface area contributed by atoms with Crippen LogP contribution in [-0.4, -0.2) is 16.8 Å². The molecule has 0 spiro atoms. The van der Waals surface area contributed by atoms with E-state index < -0.39 is 0 Å². The fourth-order valence-electron chi connectivity index (χ4n) is 1.07. The smallest absolute Gasteiger partial charge is 0.129 e. The molecule has 72 valence electrons. The molecule has 0 saturated heterocycles. The molecule has 4 N–H and O–H groups in total. The van der Waals surface area contributed by atoms with Crippen molar-refractivity contribution in [3.63, 3.8) is 0 Å². The quantitative estimate of drug-likeness (QED) is 0.738. The van der Waals surface area contributed by atoms with E-state index in [0.29, 0.717) is 6.42 Å². The molecule has 4 heteroatoms. The zero-order chi connectivity index (χ0) is 9.84. The summed E-state index contributed by atoms with van der Waals surface area (Å²) in [7, 11) is 0. The van der Waals surface area contributed by atoms with Crippen molar-refractivity contribution in [1.29, 1.82) is 0 Å². The molecule has 0 aliphatic rings. The minimum Gasteiger partial charge on any atom is -0.507 e. The number of hydrogen-bond acceptors (Lipinski definition) is 3. The van der Waals surface area contributed by atoms with E-state index in [4.69, 9.17) is 10.8 Å². The minimum atomic E-state index is -0.201. The third-order valence-electron chi connectivity index (χ3n) is 1.84. The van der Waals surface area contributed by atoms with E-state index in [2.05, 4.69) is 0 Å². The van der Waals surface area contributed by atoms with E-state index in [1.54, 1.807) is 6.07 Å². The van der Waals surface area contributed by atoms with E-state index in [0.717, 1.165) is 9.13 Å². The molecule has 0 radical (unpaired) electrons. The summed E-state index contributed by atoms with van der Waals surface area (Å²) in [5.41, 5.74) is 6.60. The van der Waals surface area contributed by atoms with Crippen molar-refractivity contribution in [2.45, 2.75) is 12.5 Å². The molecule has 1 atom stereocenters. The minimum absolute atomic E-state index is 0.0634. The van der Waals surface area contributed by atoms with Gasteiger partial charge in [0.25, 0.3) is 0 Å². The van der Waals surface area contributed by atoms with Gasteiger partial charge < -0.3 is 15.9 Å². The number of halogens is 1. The molecule has 13 heavy (non-hydrogen) atoms. The highest BCUT2D eigenvalue weighted by atomic mass is 127. The number of aliphatic hydroxyl groups excluding tert-OH is 1. The molecule has 0 saturated carbocycles. The number of rotatable bonds is 3. The van der Waals surface area contributed by atoms with E-state index in [9.17, 15) is 5.11 Å². The van der Waals surface area contributed by atoms with Gasteiger partial charge in [-0.05, 0) is 46.7 Å². The fraction of sp³-hybridized carbons (Fsp3) is 0.333. The second-order valence-corrected chi connectivity index (χ2v) is 3.99. The SMILES string of the molecule is NC(CCO)c1ccc(I)c(O)c1. The van der Waals surface area contributed by atoms with Gasteiger partial charge in [-0.2, -0.15) is 0 Å². The first-order valence-corrected chi connectivity index (χ1v) is 5.08. The lowest BCUT2D eigenvalue weighted by molar-refractivity contribution is 0.276. The lowest BCUT2D eigenvalue weighted by Crippen LogP contribution is -2.11. The Morgan fingerprint density at radius 3 is 2.69 bits per heavy atom. The first kappa shape index (κ1) is 10.7. The summed E-state index contributed by atoms with van der Waals surface area (Å²) in [5.74, 6) is 0.242. The van der Waals surface area contributed by atoms with Crippen LogP contribution in [0.15, 0.2) is 18.2 Å². The Bertz CT molecular complexity index is 291. The van der Waals surface area contributed by atoms with Crippen LogP contribution < -0.4 is 5.73 Å². The number of benzene rings is 1. The van der Waals surface area contributed by atoms with Crippen LogP contribution in [0.1, 0.15) is 18.0 Å². The van der Waals surface area contributed by atoms with Crippen molar-refractivity contribution >= 4 is 22.6 Å². The molecule has 0 amide bonds. The number of aliphatic hydroxyl groups is 1. The first-order chi connectivity index (χ1) is 6.15. The monoisotopic (exact) mass is 293 g/mol. The van der Waals surface area contributed by atoms with Gasteiger partial charge in [-0.3, -0.25) is 0 Å². The van der Waals surface area contributed by atoms with Gasteiger partial charge >= 0.3 is 0 Å². The van der Waals surface area contributed by atoms with Crippen LogP contribution >= 0.6 is 22.6 Å². The lowest BCUT2D eigenvalue weighted by Gasteiger charge is -2.10. The summed E-state index contributed by atoms with van der Waals surface area (Å²) < 4.78 is 0.803. The van der Waals surface area contributed by atoms with Gasteiger partial charge in [-0.15, -0.1) is 0 Å². The Hall–Kier alpha value is -0.330. The molecule has 1 aromatic carbocycles. The molecule has 0 aromatic heterocycles. The van der Waals surface area contributed by atoms with Crippen LogP contribution in [-0.2, 0) is 0 Å². The van der Waals surface area contributed by atoms with Crippen LogP contribution in [0.3, 0.4) is 0 Å². The number of hydrogen-bond donors (Lipinski definition) is 3. The second kappa shape index (κ2) is 4.78. The maximum atomic E-state index is 9.39. The maximum absolute atomic E-state index is 9.39. The van der Waals surface area contributed by atoms with Gasteiger partial charge in [0.15, 0.2) is 0 Å². The Labute approximate surface area is 90.7 Å². The van der Waals surface area contributed by atoms with Crippen LogP contribution in [0.2, 0.25) is 0 Å². The first-order valence-electron chi connectivity index (χ1n) is 4.00. The second-order valence-electron chi connectivity index (χ2n) is 2.83. The highest BCUT2D eigenvalue weighted by Gasteiger charge is 2.07. The average Bonchev–Trinajstić information content (AvgIpc) is 2.10. The van der Waals surface area contributed by atoms with E-state index in [1.807, 2.05) is 34.7 Å². The van der Waals surface area contributed by atoms with Crippen LogP contribution in [0.4, 0.5) is 0 Å². The Balaban J connectivity index is 2.84. The summed E-state index contributed by atoms with van der Waals surface area (Å²) in [4.78, 5) is 0. The van der Waals surface area contributed by atoms with Crippen LogP contribution in [0, 0.1) is 3.57 Å². The van der Waals surface area contributed by atoms with E-state index in [-0.39, 0.29) is 18.4 Å². The maximum Gasteiger partial charge on any atom is 0.129 e. The van der Waals surface area contributed by atoms with Gasteiger partial charge in [0.05, 0.1) is 3.57 Å². The molecular formula is C9H12INO2. The Kier molecular flexibility index (Phi) is 3.95. The molecular weight excluding hydrogens is 281 g/mol. The summed E-state index contributed by atoms with van der Waals surface area (Å²) in [6, 6.07) is 5.11. The van der Waals surface area contributed by atoms with Gasteiger partial charge in [-0.1, -0.05) is 6.07 Å². The molecule has 0 aliphatic heterocycles. The Morgan fingerprint density at radius 2 is 2.15 bits per heavy atom. The van der Waals surface area contributed by atoms with Gasteiger partial charge in [0.2, 0.25) is 0 Å². The van der Waals surface area contributed by atoms with Crippen molar-refractivity contribution < 1.29 is 10.2 Å². The standard InChI is InChI=1S/C9H12INO2/c10-7-2-1-6(5-9(7)13)8(11)3-4-12/h1-2,5,8,12-13H,3-4,11H2. The number of phenols is 1. The molecule has 0 fully saturated rings.